The number of aromatic nitrogens is 2. The van der Waals surface area contributed by atoms with E-state index in [-0.39, 0.29) is 23.3 Å². The smallest absolute Gasteiger partial charge is 0.290 e. The summed E-state index contributed by atoms with van der Waals surface area (Å²) in [7, 11) is -2.99. The van der Waals surface area contributed by atoms with Crippen molar-refractivity contribution in [2.75, 3.05) is 11.5 Å². The van der Waals surface area contributed by atoms with Gasteiger partial charge in [-0.2, -0.15) is 4.98 Å². The SMILES string of the molecule is O=Cc1nc(C2CCCS(=O)(=O)C2)no1. The van der Waals surface area contributed by atoms with Crippen LogP contribution >= 0.6 is 0 Å². The third kappa shape index (κ3) is 2.23. The Bertz CT molecular complexity index is 465. The summed E-state index contributed by atoms with van der Waals surface area (Å²) in [5, 5.41) is 3.59. The Morgan fingerprint density at radius 1 is 1.47 bits per heavy atom. The average Bonchev–Trinajstić information content (AvgIpc) is 2.64. The van der Waals surface area contributed by atoms with Crippen LogP contribution < -0.4 is 0 Å². The van der Waals surface area contributed by atoms with E-state index in [1.165, 1.54) is 0 Å². The maximum atomic E-state index is 11.4. The second-order valence-electron chi connectivity index (χ2n) is 3.56. The highest BCUT2D eigenvalue weighted by molar-refractivity contribution is 7.91. The molecule has 0 spiro atoms. The molecule has 1 unspecified atom stereocenters. The molecule has 0 aromatic carbocycles. The van der Waals surface area contributed by atoms with E-state index in [0.29, 0.717) is 18.5 Å². The zero-order chi connectivity index (χ0) is 10.9. The highest BCUT2D eigenvalue weighted by Crippen LogP contribution is 2.25. The Morgan fingerprint density at radius 2 is 2.27 bits per heavy atom. The second-order valence-corrected chi connectivity index (χ2v) is 5.79. The summed E-state index contributed by atoms with van der Waals surface area (Å²) in [6, 6.07) is 0. The van der Waals surface area contributed by atoms with Crippen molar-refractivity contribution in [1.82, 2.24) is 10.1 Å². The van der Waals surface area contributed by atoms with E-state index in [2.05, 4.69) is 14.7 Å². The Morgan fingerprint density at radius 3 is 2.87 bits per heavy atom. The number of hydrogen-bond donors (Lipinski definition) is 0. The molecule has 1 aliphatic heterocycles. The molecule has 15 heavy (non-hydrogen) atoms. The lowest BCUT2D eigenvalue weighted by Crippen LogP contribution is -2.24. The molecule has 1 saturated heterocycles. The van der Waals surface area contributed by atoms with Crippen molar-refractivity contribution in [2.24, 2.45) is 0 Å². The quantitative estimate of drug-likeness (QED) is 0.673. The van der Waals surface area contributed by atoms with Crippen molar-refractivity contribution in [3.63, 3.8) is 0 Å². The first kappa shape index (κ1) is 10.3. The molecule has 6 nitrogen and oxygen atoms in total. The van der Waals surface area contributed by atoms with Crippen LogP contribution in [0.1, 0.15) is 35.3 Å². The molecular formula is C8H10N2O4S. The third-order valence-electron chi connectivity index (χ3n) is 2.39. The van der Waals surface area contributed by atoms with E-state index in [9.17, 15) is 13.2 Å². The van der Waals surface area contributed by atoms with Gasteiger partial charge < -0.3 is 4.52 Å². The molecule has 0 N–H and O–H groups in total. The number of nitrogens with zero attached hydrogens (tertiary/aromatic N) is 2. The summed E-state index contributed by atoms with van der Waals surface area (Å²) < 4.78 is 27.3. The Labute approximate surface area is 86.6 Å². The molecule has 82 valence electrons. The van der Waals surface area contributed by atoms with Gasteiger partial charge in [0.2, 0.25) is 6.29 Å². The lowest BCUT2D eigenvalue weighted by atomic mass is 10.1. The van der Waals surface area contributed by atoms with Gasteiger partial charge in [0, 0.05) is 5.92 Å². The fourth-order valence-electron chi connectivity index (χ4n) is 1.69. The summed E-state index contributed by atoms with van der Waals surface area (Å²) in [4.78, 5) is 14.1. The van der Waals surface area contributed by atoms with Gasteiger partial charge in [-0.3, -0.25) is 4.79 Å². The summed E-state index contributed by atoms with van der Waals surface area (Å²) in [5.41, 5.74) is 0. The van der Waals surface area contributed by atoms with Crippen LogP contribution in [0.4, 0.5) is 0 Å². The predicted octanol–water partition coefficient (Wildman–Crippen LogP) is 0.174. The van der Waals surface area contributed by atoms with E-state index in [0.717, 1.165) is 6.42 Å². The molecule has 0 aliphatic carbocycles. The van der Waals surface area contributed by atoms with Gasteiger partial charge in [-0.1, -0.05) is 5.16 Å². The molecule has 0 radical (unpaired) electrons. The molecule has 1 aromatic rings. The average molecular weight is 230 g/mol. The Hall–Kier alpha value is -1.24. The molecule has 7 heteroatoms. The monoisotopic (exact) mass is 230 g/mol. The van der Waals surface area contributed by atoms with Gasteiger partial charge in [-0.25, -0.2) is 8.42 Å². The Balaban J connectivity index is 2.20. The van der Waals surface area contributed by atoms with Gasteiger partial charge in [0.05, 0.1) is 11.5 Å². The maximum absolute atomic E-state index is 11.4. The third-order valence-corrected chi connectivity index (χ3v) is 4.21. The Kier molecular flexibility index (Phi) is 2.56. The van der Waals surface area contributed by atoms with Crippen LogP contribution in [0.2, 0.25) is 0 Å². The van der Waals surface area contributed by atoms with Gasteiger partial charge in [0.25, 0.3) is 5.89 Å². The zero-order valence-corrected chi connectivity index (χ0v) is 8.74. The number of sulfone groups is 1. The zero-order valence-electron chi connectivity index (χ0n) is 7.92. The molecule has 0 saturated carbocycles. The second kappa shape index (κ2) is 3.73. The number of carbonyl (C=O) groups excluding carboxylic acids is 1. The largest absolute Gasteiger partial charge is 0.331 e. The molecule has 2 heterocycles. The molecule has 1 aromatic heterocycles. The number of rotatable bonds is 2. The summed E-state index contributed by atoms with van der Waals surface area (Å²) in [6.07, 6.45) is 1.78. The lowest BCUT2D eigenvalue weighted by Gasteiger charge is -2.18. The predicted molar refractivity (Wildman–Crippen MR) is 50.3 cm³/mol. The van der Waals surface area contributed by atoms with E-state index in [4.69, 9.17) is 0 Å². The summed E-state index contributed by atoms with van der Waals surface area (Å²) >= 11 is 0. The van der Waals surface area contributed by atoms with Crippen LogP contribution in [0.3, 0.4) is 0 Å². The summed E-state index contributed by atoms with van der Waals surface area (Å²) in [5.74, 6) is 0.252. The fourth-order valence-corrected chi connectivity index (χ4v) is 3.39. The van der Waals surface area contributed by atoms with Gasteiger partial charge in [0.15, 0.2) is 15.7 Å². The van der Waals surface area contributed by atoms with Crippen LogP contribution in [-0.4, -0.2) is 36.4 Å². The lowest BCUT2D eigenvalue weighted by molar-refractivity contribution is 0.108. The molecule has 1 aliphatic rings. The van der Waals surface area contributed by atoms with Crippen LogP contribution in [0.5, 0.6) is 0 Å². The molecule has 0 bridgehead atoms. The van der Waals surface area contributed by atoms with Crippen molar-refractivity contribution in [3.8, 4) is 0 Å². The minimum atomic E-state index is -2.99. The van der Waals surface area contributed by atoms with Gasteiger partial charge >= 0.3 is 0 Å². The number of carbonyl (C=O) groups is 1. The minimum Gasteiger partial charge on any atom is -0.331 e. The highest BCUT2D eigenvalue weighted by Gasteiger charge is 2.29. The molecular weight excluding hydrogens is 220 g/mol. The van der Waals surface area contributed by atoms with Crippen molar-refractivity contribution < 1.29 is 17.7 Å². The number of aldehydes is 1. The van der Waals surface area contributed by atoms with Gasteiger partial charge in [-0.15, -0.1) is 0 Å². The van der Waals surface area contributed by atoms with Crippen molar-refractivity contribution >= 4 is 16.1 Å². The van der Waals surface area contributed by atoms with E-state index in [1.54, 1.807) is 0 Å². The normalized spacial score (nSPS) is 24.9. The number of hydrogen-bond acceptors (Lipinski definition) is 6. The highest BCUT2D eigenvalue weighted by atomic mass is 32.2. The first-order chi connectivity index (χ1) is 7.11. The van der Waals surface area contributed by atoms with Crippen LogP contribution in [0, 0.1) is 0 Å². The molecule has 0 amide bonds. The topological polar surface area (TPSA) is 90.1 Å². The fraction of sp³-hybridized carbons (Fsp3) is 0.625. The van der Waals surface area contributed by atoms with Crippen molar-refractivity contribution in [1.29, 1.82) is 0 Å². The molecule has 1 atom stereocenters. The standard InChI is InChI=1S/C8H10N2O4S/c11-4-7-9-8(10-14-7)6-2-1-3-15(12,13)5-6/h4,6H,1-3,5H2. The first-order valence-electron chi connectivity index (χ1n) is 4.60. The van der Waals surface area contributed by atoms with E-state index < -0.39 is 9.84 Å². The molecule has 2 rings (SSSR count). The van der Waals surface area contributed by atoms with Crippen LogP contribution in [-0.2, 0) is 9.84 Å². The minimum absolute atomic E-state index is 0.0465. The van der Waals surface area contributed by atoms with Gasteiger partial charge in [0.1, 0.15) is 0 Å². The van der Waals surface area contributed by atoms with Gasteiger partial charge in [-0.05, 0) is 12.8 Å². The first-order valence-corrected chi connectivity index (χ1v) is 6.42. The molecule has 1 fully saturated rings. The van der Waals surface area contributed by atoms with Crippen LogP contribution in [0.15, 0.2) is 4.52 Å². The van der Waals surface area contributed by atoms with Crippen molar-refractivity contribution in [2.45, 2.75) is 18.8 Å². The van der Waals surface area contributed by atoms with Crippen LogP contribution in [0.25, 0.3) is 0 Å². The maximum Gasteiger partial charge on any atom is 0.290 e. The van der Waals surface area contributed by atoms with E-state index in [1.807, 2.05) is 0 Å². The summed E-state index contributed by atoms with van der Waals surface area (Å²) in [6.45, 7) is 0. The van der Waals surface area contributed by atoms with E-state index >= 15 is 0 Å². The van der Waals surface area contributed by atoms with Crippen molar-refractivity contribution in [3.05, 3.63) is 11.7 Å².